The molecule has 2 aromatic carbocycles. The van der Waals surface area contributed by atoms with E-state index in [1.807, 2.05) is 26.0 Å². The van der Waals surface area contributed by atoms with Gasteiger partial charge in [-0.05, 0) is 43.2 Å². The number of hydrogen-bond acceptors (Lipinski definition) is 2. The van der Waals surface area contributed by atoms with E-state index in [-0.39, 0.29) is 11.4 Å². The first-order valence-electron chi connectivity index (χ1n) is 6.76. The Morgan fingerprint density at radius 3 is 2.65 bits per heavy atom. The van der Waals surface area contributed by atoms with E-state index in [2.05, 4.69) is 48.1 Å². The second kappa shape index (κ2) is 4.46. The molecule has 0 atom stereocenters. The van der Waals surface area contributed by atoms with Crippen LogP contribution in [0.5, 0.6) is 0 Å². The molecule has 20 heavy (non-hydrogen) atoms. The first-order valence-corrected chi connectivity index (χ1v) is 6.76. The van der Waals surface area contributed by atoms with Crippen molar-refractivity contribution in [3.63, 3.8) is 0 Å². The van der Waals surface area contributed by atoms with Crippen molar-refractivity contribution in [3.8, 4) is 0 Å². The maximum atomic E-state index is 12.0. The summed E-state index contributed by atoms with van der Waals surface area (Å²) in [6, 6.07) is 12.6. The summed E-state index contributed by atoms with van der Waals surface area (Å²) >= 11 is 0. The molecule has 3 rings (SSSR count). The average molecular weight is 266 g/mol. The van der Waals surface area contributed by atoms with Crippen molar-refractivity contribution in [1.29, 1.82) is 0 Å². The van der Waals surface area contributed by atoms with Crippen molar-refractivity contribution in [2.45, 2.75) is 26.3 Å². The minimum atomic E-state index is -0.358. The van der Waals surface area contributed by atoms with E-state index in [0.717, 1.165) is 11.1 Å². The molecule has 102 valence electrons. The largest absolute Gasteiger partial charge is 0.287 e. The smallest absolute Gasteiger partial charge is 0.263 e. The van der Waals surface area contributed by atoms with E-state index in [4.69, 9.17) is 0 Å². The molecule has 0 bridgehead atoms. The van der Waals surface area contributed by atoms with Gasteiger partial charge in [0.15, 0.2) is 0 Å². The Morgan fingerprint density at radius 2 is 1.95 bits per heavy atom. The quantitative estimate of drug-likeness (QED) is 0.779. The van der Waals surface area contributed by atoms with Crippen molar-refractivity contribution < 1.29 is 4.79 Å². The lowest BCUT2D eigenvalue weighted by molar-refractivity contribution is -0.116. The van der Waals surface area contributed by atoms with Gasteiger partial charge in [0.25, 0.3) is 5.91 Å². The molecule has 1 aliphatic heterocycles. The number of rotatable bonds is 1. The van der Waals surface area contributed by atoms with Crippen LogP contribution in [0.1, 0.15) is 25.0 Å². The Kier molecular flexibility index (Phi) is 2.87. The number of nitrogens with one attached hydrogen (secondary N) is 2. The average Bonchev–Trinajstić information content (AvgIpc) is 2.66. The Bertz CT molecular complexity index is 729. The number of fused-ring (bicyclic) bond motifs is 1. The van der Waals surface area contributed by atoms with Crippen molar-refractivity contribution in [2.24, 2.45) is 0 Å². The molecule has 1 amide bonds. The summed E-state index contributed by atoms with van der Waals surface area (Å²) in [7, 11) is 0. The van der Waals surface area contributed by atoms with Gasteiger partial charge in [0.2, 0.25) is 0 Å². The third kappa shape index (κ3) is 2.10. The zero-order chi connectivity index (χ0) is 14.3. The summed E-state index contributed by atoms with van der Waals surface area (Å²) in [5.41, 5.74) is 8.38. The van der Waals surface area contributed by atoms with Gasteiger partial charge in [-0.25, -0.2) is 5.43 Å². The van der Waals surface area contributed by atoms with Gasteiger partial charge in [0.05, 0.1) is 5.54 Å². The molecule has 0 spiro atoms. The topological polar surface area (TPSA) is 41.1 Å². The van der Waals surface area contributed by atoms with Gasteiger partial charge < -0.3 is 0 Å². The molecular weight excluding hydrogens is 248 g/mol. The van der Waals surface area contributed by atoms with Gasteiger partial charge in [-0.15, -0.1) is 0 Å². The molecule has 2 N–H and O–H groups in total. The fourth-order valence-electron chi connectivity index (χ4n) is 2.57. The van der Waals surface area contributed by atoms with E-state index < -0.39 is 0 Å². The van der Waals surface area contributed by atoms with Crippen LogP contribution in [0.2, 0.25) is 0 Å². The van der Waals surface area contributed by atoms with Gasteiger partial charge >= 0.3 is 0 Å². The number of hydrogen-bond donors (Lipinski definition) is 2. The number of aryl methyl sites for hydroxylation is 1. The molecule has 1 heterocycles. The molecular formula is C17H18N2O. The highest BCUT2D eigenvalue weighted by atomic mass is 16.2. The summed E-state index contributed by atoms with van der Waals surface area (Å²) in [6.07, 6.45) is 1.98. The Hall–Kier alpha value is -2.13. The second-order valence-corrected chi connectivity index (χ2v) is 5.83. The van der Waals surface area contributed by atoms with Crippen LogP contribution in [0.4, 0.5) is 0 Å². The van der Waals surface area contributed by atoms with E-state index in [9.17, 15) is 4.79 Å². The molecule has 0 aliphatic carbocycles. The molecule has 1 saturated heterocycles. The summed E-state index contributed by atoms with van der Waals surface area (Å²) in [6.45, 7) is 6.07. The standard InChI is InChI=1S/C17H18N2O/c1-11-7-8-12-5-4-6-13(14(12)9-11)10-15-16(20)18-19-17(15,2)3/h4-10,19H,1-3H3,(H,18,20)/b15-10+. The Labute approximate surface area is 118 Å². The molecule has 2 aromatic rings. The van der Waals surface area contributed by atoms with E-state index in [1.165, 1.54) is 16.3 Å². The van der Waals surface area contributed by atoms with Gasteiger partial charge in [-0.3, -0.25) is 10.2 Å². The maximum absolute atomic E-state index is 12.0. The van der Waals surface area contributed by atoms with Crippen LogP contribution >= 0.6 is 0 Å². The highest BCUT2D eigenvalue weighted by molar-refractivity contribution is 6.04. The van der Waals surface area contributed by atoms with Crippen molar-refractivity contribution >= 4 is 22.8 Å². The second-order valence-electron chi connectivity index (χ2n) is 5.83. The minimum absolute atomic E-state index is 0.0559. The fourth-order valence-corrected chi connectivity index (χ4v) is 2.57. The van der Waals surface area contributed by atoms with Crippen LogP contribution in [0.15, 0.2) is 42.0 Å². The predicted molar refractivity (Wildman–Crippen MR) is 82.0 cm³/mol. The van der Waals surface area contributed by atoms with Crippen LogP contribution < -0.4 is 10.9 Å². The van der Waals surface area contributed by atoms with E-state index >= 15 is 0 Å². The van der Waals surface area contributed by atoms with Gasteiger partial charge in [-0.2, -0.15) is 0 Å². The maximum Gasteiger partial charge on any atom is 0.263 e. The number of hydrazine groups is 1. The molecule has 3 nitrogen and oxygen atoms in total. The van der Waals surface area contributed by atoms with Crippen molar-refractivity contribution in [3.05, 3.63) is 53.1 Å². The lowest BCUT2D eigenvalue weighted by Crippen LogP contribution is -2.38. The van der Waals surface area contributed by atoms with Crippen LogP contribution in [0, 0.1) is 6.92 Å². The third-order valence-electron chi connectivity index (χ3n) is 3.78. The van der Waals surface area contributed by atoms with Gasteiger partial charge in [-0.1, -0.05) is 42.0 Å². The molecule has 0 radical (unpaired) electrons. The number of benzene rings is 2. The van der Waals surface area contributed by atoms with Crippen LogP contribution in [0.25, 0.3) is 16.8 Å². The van der Waals surface area contributed by atoms with Gasteiger partial charge in [0.1, 0.15) is 0 Å². The lowest BCUT2D eigenvalue weighted by Gasteiger charge is -2.17. The number of carbonyl (C=O) groups excluding carboxylic acids is 1. The highest BCUT2D eigenvalue weighted by Crippen LogP contribution is 2.27. The summed E-state index contributed by atoms with van der Waals surface area (Å²) < 4.78 is 0. The van der Waals surface area contributed by atoms with E-state index in [1.54, 1.807) is 0 Å². The molecule has 1 fully saturated rings. The van der Waals surface area contributed by atoms with Crippen LogP contribution in [-0.4, -0.2) is 11.4 Å². The fraction of sp³-hybridized carbons (Fsp3) is 0.235. The third-order valence-corrected chi connectivity index (χ3v) is 3.78. The lowest BCUT2D eigenvalue weighted by atomic mass is 9.92. The van der Waals surface area contributed by atoms with E-state index in [0.29, 0.717) is 0 Å². The monoisotopic (exact) mass is 266 g/mol. The minimum Gasteiger partial charge on any atom is -0.287 e. The SMILES string of the molecule is Cc1ccc2cccc(/C=C3\C(=O)NNC3(C)C)c2c1. The molecule has 0 aromatic heterocycles. The summed E-state index contributed by atoms with van der Waals surface area (Å²) in [4.78, 5) is 12.0. The molecule has 0 unspecified atom stereocenters. The van der Waals surface area contributed by atoms with Gasteiger partial charge in [0, 0.05) is 5.57 Å². The number of amides is 1. The van der Waals surface area contributed by atoms with Crippen LogP contribution in [-0.2, 0) is 4.79 Å². The first kappa shape index (κ1) is 12.9. The molecule has 1 aliphatic rings. The van der Waals surface area contributed by atoms with Crippen LogP contribution in [0.3, 0.4) is 0 Å². The predicted octanol–water partition coefficient (Wildman–Crippen LogP) is 2.94. The first-order chi connectivity index (χ1) is 9.47. The highest BCUT2D eigenvalue weighted by Gasteiger charge is 2.34. The zero-order valence-electron chi connectivity index (χ0n) is 11.9. The van der Waals surface area contributed by atoms with Crippen molar-refractivity contribution in [1.82, 2.24) is 10.9 Å². The molecule has 3 heteroatoms. The summed E-state index contributed by atoms with van der Waals surface area (Å²) in [5.74, 6) is -0.0559. The molecule has 0 saturated carbocycles. The normalized spacial score (nSPS) is 19.6. The zero-order valence-corrected chi connectivity index (χ0v) is 11.9. The number of carbonyl (C=O) groups is 1. The Balaban J connectivity index is 2.20. The van der Waals surface area contributed by atoms with Crippen molar-refractivity contribution in [2.75, 3.05) is 0 Å². The Morgan fingerprint density at radius 1 is 1.15 bits per heavy atom. The summed E-state index contributed by atoms with van der Waals surface area (Å²) in [5, 5.41) is 2.37.